The highest BCUT2D eigenvalue weighted by molar-refractivity contribution is 7.98. The third-order valence-corrected chi connectivity index (χ3v) is 5.12. The Morgan fingerprint density at radius 1 is 1.23 bits per heavy atom. The van der Waals surface area contributed by atoms with Crippen molar-refractivity contribution in [3.05, 3.63) is 0 Å². The predicted octanol–water partition coefficient (Wildman–Crippen LogP) is -1.94. The van der Waals surface area contributed by atoms with Gasteiger partial charge in [0.05, 0.1) is 12.5 Å². The summed E-state index contributed by atoms with van der Waals surface area (Å²) >= 11 is 1.78. The average molecular weight is 452 g/mol. The highest BCUT2D eigenvalue weighted by Crippen LogP contribution is 2.30. The Hall–Kier alpha value is -1.28. The molecule has 30 heavy (non-hydrogen) atoms. The number of carboxylic acids is 1. The maximum atomic E-state index is 12.5. The lowest BCUT2D eigenvalue weighted by atomic mass is 9.95. The Balaban J connectivity index is 0.000000804. The van der Waals surface area contributed by atoms with E-state index < -0.39 is 66.9 Å². The van der Waals surface area contributed by atoms with Crippen LogP contribution in [0.3, 0.4) is 0 Å². The number of rotatable bonds is 8. The Morgan fingerprint density at radius 2 is 1.87 bits per heavy atom. The van der Waals surface area contributed by atoms with Gasteiger partial charge in [-0.25, -0.2) is 0 Å². The van der Waals surface area contributed by atoms with Crippen molar-refractivity contribution >= 4 is 29.4 Å². The van der Waals surface area contributed by atoms with Crippen molar-refractivity contribution in [3.8, 4) is 0 Å². The van der Waals surface area contributed by atoms with Gasteiger partial charge < -0.3 is 41.2 Å². The Labute approximate surface area is 180 Å². The van der Waals surface area contributed by atoms with Crippen LogP contribution in [0.25, 0.3) is 0 Å². The lowest BCUT2D eigenvalue weighted by Gasteiger charge is -2.29. The van der Waals surface area contributed by atoms with Crippen LogP contribution < -0.4 is 16.4 Å². The molecule has 0 aromatic heterocycles. The molecule has 0 aromatic carbocycles. The van der Waals surface area contributed by atoms with Gasteiger partial charge in [0.15, 0.2) is 12.1 Å². The number of nitrogens with two attached hydrogens (primary N) is 1. The monoisotopic (exact) mass is 451 g/mol. The summed E-state index contributed by atoms with van der Waals surface area (Å²) in [6.45, 7) is 5.76. The summed E-state index contributed by atoms with van der Waals surface area (Å²) in [5.41, 5.74) is 5.12. The molecule has 0 radical (unpaired) electrons. The number of thioether (sulfide) groups is 1. The van der Waals surface area contributed by atoms with Crippen LogP contribution in [-0.4, -0.2) is 100 Å². The van der Waals surface area contributed by atoms with E-state index in [0.29, 0.717) is 0 Å². The Kier molecular flexibility index (Phi) is 11.2. The van der Waals surface area contributed by atoms with E-state index >= 15 is 0 Å². The molecular formula is C18H33N3O8S. The molecule has 7 atom stereocenters. The minimum absolute atomic E-state index is 0.165. The number of carbonyl (C=O) groups excluding carboxylic acids is 2. The molecule has 174 valence electrons. The minimum Gasteiger partial charge on any atom is -0.481 e. The van der Waals surface area contributed by atoms with Crippen LogP contribution in [0.15, 0.2) is 0 Å². The summed E-state index contributed by atoms with van der Waals surface area (Å²) in [5.74, 6) is -1.33. The van der Waals surface area contributed by atoms with E-state index in [0.717, 1.165) is 12.3 Å². The molecule has 2 aliphatic rings. The van der Waals surface area contributed by atoms with Crippen LogP contribution in [0.1, 0.15) is 27.2 Å². The number of Topliss-reactive ketones (excluding diaryl/α,β-unsaturated/α-hetero) is 1. The SMILES string of the molecule is CC(C)NC(CC(=O)O)C(=O)NC1C(=O)C(C)OC2OC1C(O)C2O.CSCCN. The predicted molar refractivity (Wildman–Crippen MR) is 110 cm³/mol. The second kappa shape index (κ2) is 12.5. The smallest absolute Gasteiger partial charge is 0.305 e. The van der Waals surface area contributed by atoms with Crippen molar-refractivity contribution in [2.75, 3.05) is 18.6 Å². The number of fused-ring (bicyclic) bond motifs is 2. The number of amides is 1. The van der Waals surface area contributed by atoms with Gasteiger partial charge in [0.2, 0.25) is 5.91 Å². The standard InChI is InChI=1S/C15H24N2O8.C3H9NS/c1-5(2)16-7(4-8(18)19)14(23)17-9-10(20)6(3)24-15-12(22)11(21)13(9)25-15;1-5-3-2-4/h5-7,9,11-13,15-16,21-22H,4H2,1-3H3,(H,17,23)(H,18,19);2-4H2,1H3. The number of aliphatic hydroxyl groups is 2. The zero-order valence-electron chi connectivity index (χ0n) is 17.6. The summed E-state index contributed by atoms with van der Waals surface area (Å²) in [6, 6.07) is -2.49. The molecule has 7 N–H and O–H groups in total. The first-order valence-corrected chi connectivity index (χ1v) is 11.1. The van der Waals surface area contributed by atoms with Crippen LogP contribution in [0, 0.1) is 0 Å². The fourth-order valence-corrected chi connectivity index (χ4v) is 3.31. The van der Waals surface area contributed by atoms with Gasteiger partial charge in [0.1, 0.15) is 30.5 Å². The van der Waals surface area contributed by atoms with Gasteiger partial charge in [-0.05, 0) is 13.2 Å². The topological polar surface area (TPSA) is 180 Å². The molecule has 0 aromatic rings. The summed E-state index contributed by atoms with van der Waals surface area (Å²) in [6.07, 6.45) is -4.48. The zero-order chi connectivity index (χ0) is 23.0. The molecule has 7 unspecified atom stereocenters. The van der Waals surface area contributed by atoms with Crippen molar-refractivity contribution in [1.29, 1.82) is 0 Å². The number of hydrogen-bond acceptors (Lipinski definition) is 10. The second-order valence-corrected chi connectivity index (χ2v) is 8.36. The maximum absolute atomic E-state index is 12.5. The van der Waals surface area contributed by atoms with Gasteiger partial charge >= 0.3 is 5.97 Å². The van der Waals surface area contributed by atoms with Crippen molar-refractivity contribution in [2.45, 2.75) is 76.0 Å². The molecule has 0 spiro atoms. The number of carbonyl (C=O) groups is 3. The molecule has 2 saturated heterocycles. The van der Waals surface area contributed by atoms with Gasteiger partial charge in [-0.3, -0.25) is 14.4 Å². The summed E-state index contributed by atoms with van der Waals surface area (Å²) in [5, 5.41) is 34.1. The van der Waals surface area contributed by atoms with Gasteiger partial charge in [-0.15, -0.1) is 0 Å². The quantitative estimate of drug-likeness (QED) is 0.241. The van der Waals surface area contributed by atoms with E-state index in [1.165, 1.54) is 6.92 Å². The fourth-order valence-electron chi connectivity index (χ4n) is 3.07. The lowest BCUT2D eigenvalue weighted by molar-refractivity contribution is -0.176. The first-order chi connectivity index (χ1) is 14.0. The number of carboxylic acid groups (broad SMARTS) is 1. The van der Waals surface area contributed by atoms with E-state index in [-0.39, 0.29) is 6.04 Å². The first-order valence-electron chi connectivity index (χ1n) is 9.71. The molecule has 2 heterocycles. The van der Waals surface area contributed by atoms with Gasteiger partial charge in [0, 0.05) is 18.3 Å². The Morgan fingerprint density at radius 3 is 2.33 bits per heavy atom. The third kappa shape index (κ3) is 7.45. The highest BCUT2D eigenvalue weighted by Gasteiger charge is 2.53. The molecule has 11 nitrogen and oxygen atoms in total. The summed E-state index contributed by atoms with van der Waals surface area (Å²) in [4.78, 5) is 35.9. The van der Waals surface area contributed by atoms with Crippen molar-refractivity contribution in [2.24, 2.45) is 5.73 Å². The van der Waals surface area contributed by atoms with E-state index in [4.69, 9.17) is 20.3 Å². The van der Waals surface area contributed by atoms with E-state index in [1.807, 2.05) is 6.26 Å². The van der Waals surface area contributed by atoms with E-state index in [2.05, 4.69) is 10.6 Å². The number of ketones is 1. The van der Waals surface area contributed by atoms with Gasteiger partial charge in [-0.1, -0.05) is 13.8 Å². The van der Waals surface area contributed by atoms with Crippen LogP contribution in [-0.2, 0) is 23.9 Å². The van der Waals surface area contributed by atoms with E-state index in [9.17, 15) is 24.6 Å². The second-order valence-electron chi connectivity index (χ2n) is 7.37. The molecule has 2 bridgehead atoms. The first kappa shape index (κ1) is 26.8. The van der Waals surface area contributed by atoms with Crippen molar-refractivity contribution < 1.29 is 39.2 Å². The fraction of sp³-hybridized carbons (Fsp3) is 0.833. The average Bonchev–Trinajstić information content (AvgIpc) is 2.86. The van der Waals surface area contributed by atoms with Crippen molar-refractivity contribution in [3.63, 3.8) is 0 Å². The van der Waals surface area contributed by atoms with E-state index in [1.54, 1.807) is 25.6 Å². The van der Waals surface area contributed by atoms with Crippen molar-refractivity contribution in [1.82, 2.24) is 10.6 Å². The molecule has 2 fully saturated rings. The minimum atomic E-state index is -1.41. The summed E-state index contributed by atoms with van der Waals surface area (Å²) in [7, 11) is 0. The molecule has 0 saturated carbocycles. The molecular weight excluding hydrogens is 418 g/mol. The van der Waals surface area contributed by atoms with Crippen LogP contribution in [0.2, 0.25) is 0 Å². The van der Waals surface area contributed by atoms with Gasteiger partial charge in [0.25, 0.3) is 0 Å². The lowest BCUT2D eigenvalue weighted by Crippen LogP contribution is -2.59. The van der Waals surface area contributed by atoms with Crippen LogP contribution in [0.4, 0.5) is 0 Å². The van der Waals surface area contributed by atoms with Crippen LogP contribution in [0.5, 0.6) is 0 Å². The maximum Gasteiger partial charge on any atom is 0.305 e. The molecule has 0 aliphatic carbocycles. The Bertz CT molecular complexity index is 592. The third-order valence-electron chi connectivity index (χ3n) is 4.48. The molecule has 1 amide bonds. The number of hydrogen-bond donors (Lipinski definition) is 6. The highest BCUT2D eigenvalue weighted by atomic mass is 32.2. The molecule has 12 heteroatoms. The number of nitrogens with one attached hydrogen (secondary N) is 2. The normalized spacial score (nSPS) is 31.5. The molecule has 2 aliphatic heterocycles. The summed E-state index contributed by atoms with van der Waals surface area (Å²) < 4.78 is 10.6. The molecule has 2 rings (SSSR count). The van der Waals surface area contributed by atoms with Crippen LogP contribution >= 0.6 is 11.8 Å². The number of ether oxygens (including phenoxy) is 2. The largest absolute Gasteiger partial charge is 0.481 e. The van der Waals surface area contributed by atoms with Gasteiger partial charge in [-0.2, -0.15) is 11.8 Å². The number of aliphatic hydroxyl groups excluding tert-OH is 2. The number of aliphatic carboxylic acids is 1. The zero-order valence-corrected chi connectivity index (χ0v) is 18.4.